The van der Waals surface area contributed by atoms with E-state index < -0.39 is 0 Å². The monoisotopic (exact) mass is 275 g/mol. The topological polar surface area (TPSA) is 21.3 Å². The minimum Gasteiger partial charge on any atom is -0.494 e. The summed E-state index contributed by atoms with van der Waals surface area (Å²) < 4.78 is 5.75. The average molecular weight is 275 g/mol. The van der Waals surface area contributed by atoms with E-state index in [1.165, 1.54) is 37.7 Å². The number of hydrogen-bond acceptors (Lipinski definition) is 2. The molecule has 2 heteroatoms. The molecule has 0 aromatic heterocycles. The highest BCUT2D eigenvalue weighted by molar-refractivity contribution is 5.29. The number of ether oxygens (including phenoxy) is 1. The Kier molecular flexibility index (Phi) is 6.38. The van der Waals surface area contributed by atoms with Crippen molar-refractivity contribution in [3.63, 3.8) is 0 Å². The van der Waals surface area contributed by atoms with Crippen LogP contribution in [0.5, 0.6) is 5.75 Å². The molecule has 0 radical (unpaired) electrons. The van der Waals surface area contributed by atoms with Gasteiger partial charge in [0.05, 0.1) is 6.61 Å². The van der Waals surface area contributed by atoms with Gasteiger partial charge in [0.15, 0.2) is 0 Å². The first-order valence-corrected chi connectivity index (χ1v) is 8.31. The highest BCUT2D eigenvalue weighted by Crippen LogP contribution is 2.36. The molecule has 0 spiro atoms. The van der Waals surface area contributed by atoms with Crippen molar-refractivity contribution < 1.29 is 4.74 Å². The lowest BCUT2D eigenvalue weighted by Gasteiger charge is -2.25. The van der Waals surface area contributed by atoms with E-state index in [4.69, 9.17) is 4.74 Å². The van der Waals surface area contributed by atoms with Gasteiger partial charge in [-0.15, -0.1) is 0 Å². The summed E-state index contributed by atoms with van der Waals surface area (Å²) in [6, 6.07) is 9.27. The second kappa shape index (κ2) is 8.31. The highest BCUT2D eigenvalue weighted by atomic mass is 16.5. The lowest BCUT2D eigenvalue weighted by molar-refractivity contribution is 0.309. The van der Waals surface area contributed by atoms with E-state index in [9.17, 15) is 0 Å². The van der Waals surface area contributed by atoms with Gasteiger partial charge in [0.25, 0.3) is 0 Å². The van der Waals surface area contributed by atoms with E-state index >= 15 is 0 Å². The second-order valence-corrected chi connectivity index (χ2v) is 5.85. The zero-order valence-electron chi connectivity index (χ0n) is 13.0. The summed E-state index contributed by atoms with van der Waals surface area (Å²) >= 11 is 0. The van der Waals surface area contributed by atoms with Crippen LogP contribution in [0.15, 0.2) is 24.3 Å². The highest BCUT2D eigenvalue weighted by Gasteiger charge is 2.25. The SMILES string of the molecule is CCCCOc1ccc(C(NCC)C2CCCC2)cc1. The molecule has 2 nitrogen and oxygen atoms in total. The number of unbranched alkanes of at least 4 members (excludes halogenated alkanes) is 1. The number of rotatable bonds is 8. The van der Waals surface area contributed by atoms with E-state index in [1.54, 1.807) is 0 Å². The van der Waals surface area contributed by atoms with Crippen LogP contribution in [0.4, 0.5) is 0 Å². The van der Waals surface area contributed by atoms with Gasteiger partial charge in [0.2, 0.25) is 0 Å². The molecule has 112 valence electrons. The lowest BCUT2D eigenvalue weighted by atomic mass is 9.91. The van der Waals surface area contributed by atoms with E-state index in [-0.39, 0.29) is 0 Å². The van der Waals surface area contributed by atoms with Crippen LogP contribution in [-0.2, 0) is 0 Å². The van der Waals surface area contributed by atoms with Gasteiger partial charge in [-0.1, -0.05) is 45.2 Å². The van der Waals surface area contributed by atoms with Crippen molar-refractivity contribution in [3.8, 4) is 5.75 Å². The Morgan fingerprint density at radius 1 is 1.15 bits per heavy atom. The summed E-state index contributed by atoms with van der Waals surface area (Å²) in [6.45, 7) is 6.25. The molecule has 0 heterocycles. The van der Waals surface area contributed by atoms with E-state index in [2.05, 4.69) is 43.4 Å². The number of nitrogens with one attached hydrogen (secondary N) is 1. The minimum atomic E-state index is 0.521. The molecule has 0 saturated heterocycles. The predicted molar refractivity (Wildman–Crippen MR) is 85.2 cm³/mol. The Labute approximate surface area is 123 Å². The Balaban J connectivity index is 1.98. The Hall–Kier alpha value is -1.02. The van der Waals surface area contributed by atoms with Crippen molar-refractivity contribution in [1.29, 1.82) is 0 Å². The first-order valence-electron chi connectivity index (χ1n) is 8.31. The van der Waals surface area contributed by atoms with Crippen LogP contribution in [0.25, 0.3) is 0 Å². The molecule has 1 aromatic rings. The third kappa shape index (κ3) is 4.24. The van der Waals surface area contributed by atoms with Gasteiger partial charge in [0, 0.05) is 6.04 Å². The zero-order chi connectivity index (χ0) is 14.2. The summed E-state index contributed by atoms with van der Waals surface area (Å²) in [6.07, 6.45) is 7.83. The van der Waals surface area contributed by atoms with Crippen molar-refractivity contribution in [2.24, 2.45) is 5.92 Å². The van der Waals surface area contributed by atoms with Gasteiger partial charge in [-0.3, -0.25) is 0 Å². The van der Waals surface area contributed by atoms with Gasteiger partial charge >= 0.3 is 0 Å². The summed E-state index contributed by atoms with van der Waals surface area (Å²) in [5, 5.41) is 3.67. The predicted octanol–water partition coefficient (Wildman–Crippen LogP) is 4.71. The summed E-state index contributed by atoms with van der Waals surface area (Å²) in [7, 11) is 0. The van der Waals surface area contributed by atoms with Gasteiger partial charge in [-0.05, 0) is 49.4 Å². The normalized spacial score (nSPS) is 17.3. The van der Waals surface area contributed by atoms with Gasteiger partial charge in [-0.25, -0.2) is 0 Å². The molecule has 1 N–H and O–H groups in total. The molecular formula is C18H29NO. The molecule has 0 bridgehead atoms. The fraction of sp³-hybridized carbons (Fsp3) is 0.667. The zero-order valence-corrected chi connectivity index (χ0v) is 13.0. The van der Waals surface area contributed by atoms with E-state index in [1.807, 2.05) is 0 Å². The fourth-order valence-electron chi connectivity index (χ4n) is 3.17. The Morgan fingerprint density at radius 3 is 2.45 bits per heavy atom. The fourth-order valence-corrected chi connectivity index (χ4v) is 3.17. The smallest absolute Gasteiger partial charge is 0.119 e. The van der Waals surface area contributed by atoms with Gasteiger partial charge in [-0.2, -0.15) is 0 Å². The van der Waals surface area contributed by atoms with Crippen molar-refractivity contribution in [2.75, 3.05) is 13.2 Å². The Bertz CT molecular complexity index is 368. The summed E-state index contributed by atoms with van der Waals surface area (Å²) in [4.78, 5) is 0. The van der Waals surface area contributed by atoms with Gasteiger partial charge in [0.1, 0.15) is 5.75 Å². The van der Waals surface area contributed by atoms with Gasteiger partial charge < -0.3 is 10.1 Å². The largest absolute Gasteiger partial charge is 0.494 e. The van der Waals surface area contributed by atoms with Crippen LogP contribution >= 0.6 is 0 Å². The van der Waals surface area contributed by atoms with Crippen LogP contribution in [0.1, 0.15) is 64.0 Å². The molecule has 1 aliphatic rings. The molecule has 1 aromatic carbocycles. The third-order valence-electron chi connectivity index (χ3n) is 4.30. The molecular weight excluding hydrogens is 246 g/mol. The first kappa shape index (κ1) is 15.4. The Morgan fingerprint density at radius 2 is 1.85 bits per heavy atom. The number of benzene rings is 1. The molecule has 1 saturated carbocycles. The average Bonchev–Trinajstić information content (AvgIpc) is 3.00. The molecule has 1 unspecified atom stereocenters. The van der Waals surface area contributed by atoms with Crippen LogP contribution in [0.2, 0.25) is 0 Å². The standard InChI is InChI=1S/C18H29NO/c1-3-5-14-20-17-12-10-16(11-13-17)18(19-4-2)15-8-6-7-9-15/h10-13,15,18-19H,3-9,14H2,1-2H3. The van der Waals surface area contributed by atoms with E-state index in [0.717, 1.165) is 31.2 Å². The van der Waals surface area contributed by atoms with Crippen LogP contribution in [-0.4, -0.2) is 13.2 Å². The quantitative estimate of drug-likeness (QED) is 0.694. The maximum Gasteiger partial charge on any atom is 0.119 e. The van der Waals surface area contributed by atoms with Crippen molar-refractivity contribution in [2.45, 2.75) is 58.4 Å². The van der Waals surface area contributed by atoms with Crippen LogP contribution < -0.4 is 10.1 Å². The van der Waals surface area contributed by atoms with Crippen molar-refractivity contribution in [3.05, 3.63) is 29.8 Å². The van der Waals surface area contributed by atoms with Crippen LogP contribution in [0, 0.1) is 5.92 Å². The molecule has 1 fully saturated rings. The molecule has 20 heavy (non-hydrogen) atoms. The first-order chi connectivity index (χ1) is 9.85. The minimum absolute atomic E-state index is 0.521. The summed E-state index contributed by atoms with van der Waals surface area (Å²) in [5.41, 5.74) is 1.42. The van der Waals surface area contributed by atoms with Crippen LogP contribution in [0.3, 0.4) is 0 Å². The third-order valence-corrected chi connectivity index (χ3v) is 4.30. The molecule has 0 amide bonds. The molecule has 2 rings (SSSR count). The molecule has 1 aliphatic carbocycles. The van der Waals surface area contributed by atoms with Crippen molar-refractivity contribution in [1.82, 2.24) is 5.32 Å². The second-order valence-electron chi connectivity index (χ2n) is 5.85. The summed E-state index contributed by atoms with van der Waals surface area (Å²) in [5.74, 6) is 1.81. The maximum absolute atomic E-state index is 5.75. The van der Waals surface area contributed by atoms with Crippen molar-refractivity contribution >= 4 is 0 Å². The van der Waals surface area contributed by atoms with E-state index in [0.29, 0.717) is 6.04 Å². The maximum atomic E-state index is 5.75. The lowest BCUT2D eigenvalue weighted by Crippen LogP contribution is -2.26. The molecule has 0 aliphatic heterocycles. The number of hydrogen-bond donors (Lipinski definition) is 1. The molecule has 1 atom stereocenters.